The van der Waals surface area contributed by atoms with Gasteiger partial charge in [0, 0.05) is 0 Å². The summed E-state index contributed by atoms with van der Waals surface area (Å²) in [6.07, 6.45) is 4.99. The fourth-order valence-electron chi connectivity index (χ4n) is 1.16. The van der Waals surface area contributed by atoms with Crippen LogP contribution in [0.2, 0.25) is 0 Å². The van der Waals surface area contributed by atoms with Crippen LogP contribution in [0.1, 0.15) is 41.5 Å². The van der Waals surface area contributed by atoms with Crippen molar-refractivity contribution in [1.29, 1.82) is 0 Å². The highest BCUT2D eigenvalue weighted by Gasteiger charge is 2.32. The molecule has 0 saturated carbocycles. The van der Waals surface area contributed by atoms with Crippen molar-refractivity contribution in [3.05, 3.63) is 33.8 Å². The fraction of sp³-hybridized carbons (Fsp3) is 0.538. The van der Waals surface area contributed by atoms with Crippen molar-refractivity contribution in [3.63, 3.8) is 0 Å². The van der Waals surface area contributed by atoms with Gasteiger partial charge in [-0.1, -0.05) is 33.8 Å². The third-order valence-corrected chi connectivity index (χ3v) is 7.74. The second kappa shape index (κ2) is 11.5. The van der Waals surface area contributed by atoms with Crippen LogP contribution in [0.25, 0.3) is 0 Å². The number of allylic oxidation sites excluding steroid dienone is 6. The zero-order valence-electron chi connectivity index (χ0n) is 14.5. The molecular weight excluding hydrogens is 332 g/mol. The Morgan fingerprint density at radius 3 is 1.24 bits per heavy atom. The first-order valence-corrected chi connectivity index (χ1v) is 11.9. The number of rotatable bonds is 10. The van der Waals surface area contributed by atoms with E-state index in [1.807, 2.05) is 20.8 Å². The lowest BCUT2D eigenvalue weighted by molar-refractivity contribution is -0.371. The minimum Gasteiger partial charge on any atom is -0.359 e. The molecule has 0 aliphatic heterocycles. The van der Waals surface area contributed by atoms with Crippen molar-refractivity contribution < 1.29 is 17.7 Å². The summed E-state index contributed by atoms with van der Waals surface area (Å²) >= 11 is 0. The quantitative estimate of drug-likeness (QED) is 0.404. The Balaban J connectivity index is 4.89. The highest BCUT2D eigenvalue weighted by atomic mass is 28.2. The maximum absolute atomic E-state index is 5.98. The molecule has 0 aliphatic carbocycles. The Bertz CT molecular complexity index is 339. The van der Waals surface area contributed by atoms with Crippen molar-refractivity contribution >= 4 is 39.8 Å². The van der Waals surface area contributed by atoms with Gasteiger partial charge in [0.25, 0.3) is 0 Å². The van der Waals surface area contributed by atoms with E-state index >= 15 is 0 Å². The Labute approximate surface area is 139 Å². The summed E-state index contributed by atoms with van der Waals surface area (Å²) in [6.45, 7) is 12.3. The Hall–Kier alpha value is -0.0725. The Morgan fingerprint density at radius 1 is 0.762 bits per heavy atom. The molecule has 0 amide bonds. The van der Waals surface area contributed by atoms with E-state index < -0.39 is 35.4 Å². The SMILES string of the molecule is CC=C(C)[SiH2]OC(O[SiH3])(O[SiH2]C(C)=CC)O[SiH2]C(C)=CC. The molecule has 8 heteroatoms. The average Bonchev–Trinajstić information content (AvgIpc) is 2.53. The zero-order valence-corrected chi connectivity index (χ0v) is 20.7. The van der Waals surface area contributed by atoms with Crippen LogP contribution < -0.4 is 0 Å². The van der Waals surface area contributed by atoms with Gasteiger partial charge in [0.05, 0.1) is 0 Å². The third-order valence-electron chi connectivity index (χ3n) is 3.16. The van der Waals surface area contributed by atoms with Crippen LogP contribution in [0.4, 0.5) is 0 Å². The van der Waals surface area contributed by atoms with Gasteiger partial charge in [-0.3, -0.25) is 0 Å². The summed E-state index contributed by atoms with van der Waals surface area (Å²) in [6, 6.07) is 0. The molecule has 0 unspecified atom stereocenters. The van der Waals surface area contributed by atoms with E-state index in [0.717, 1.165) is 0 Å². The molecule has 122 valence electrons. The molecule has 0 spiro atoms. The average molecular weight is 363 g/mol. The molecule has 0 bridgehead atoms. The molecule has 0 radical (unpaired) electrons. The first kappa shape index (κ1) is 20.9. The zero-order chi connectivity index (χ0) is 16.3. The molecule has 0 aromatic carbocycles. The molecule has 0 aromatic rings. The number of hydrogen-bond acceptors (Lipinski definition) is 4. The fourth-order valence-corrected chi connectivity index (χ4v) is 5.29. The monoisotopic (exact) mass is 362 g/mol. The van der Waals surface area contributed by atoms with Gasteiger partial charge in [0.15, 0.2) is 39.8 Å². The van der Waals surface area contributed by atoms with Crippen LogP contribution in [-0.2, 0) is 17.7 Å². The molecule has 4 nitrogen and oxygen atoms in total. The Kier molecular flexibility index (Phi) is 11.4. The van der Waals surface area contributed by atoms with Crippen molar-refractivity contribution in [3.8, 4) is 0 Å². The van der Waals surface area contributed by atoms with Gasteiger partial charge >= 0.3 is 6.16 Å². The molecule has 0 aliphatic rings. The van der Waals surface area contributed by atoms with E-state index in [1.54, 1.807) is 0 Å². The van der Waals surface area contributed by atoms with Gasteiger partial charge in [-0.05, 0) is 41.5 Å². The summed E-state index contributed by atoms with van der Waals surface area (Å²) in [7, 11) is -2.09. The maximum Gasteiger partial charge on any atom is 0.372 e. The van der Waals surface area contributed by atoms with Gasteiger partial charge in [-0.15, -0.1) is 0 Å². The van der Waals surface area contributed by atoms with Crippen LogP contribution in [0.15, 0.2) is 33.8 Å². The number of hydrogen-bond donors (Lipinski definition) is 0. The lowest BCUT2D eigenvalue weighted by Gasteiger charge is -2.33. The summed E-state index contributed by atoms with van der Waals surface area (Å²) in [5, 5.41) is 3.79. The van der Waals surface area contributed by atoms with Crippen LogP contribution in [0.3, 0.4) is 0 Å². The van der Waals surface area contributed by atoms with E-state index in [4.69, 9.17) is 17.7 Å². The lowest BCUT2D eigenvalue weighted by atomic mass is 10.6. The van der Waals surface area contributed by atoms with Crippen molar-refractivity contribution in [2.45, 2.75) is 47.7 Å². The van der Waals surface area contributed by atoms with Gasteiger partial charge < -0.3 is 17.7 Å². The minimum absolute atomic E-state index is 0.514. The van der Waals surface area contributed by atoms with Crippen molar-refractivity contribution in [2.75, 3.05) is 0 Å². The van der Waals surface area contributed by atoms with E-state index in [1.165, 1.54) is 15.6 Å². The van der Waals surface area contributed by atoms with Gasteiger partial charge in [0.2, 0.25) is 0 Å². The standard InChI is InChI=1S/C13H30O4Si4/c1-7-10(4)19-15-13(14-18,16-20-11(5)8-2)17-21-12(6)9-3/h7-9H,19-21H2,1-6,18H3. The molecule has 0 saturated heterocycles. The van der Waals surface area contributed by atoms with Gasteiger partial charge in [-0.25, -0.2) is 0 Å². The lowest BCUT2D eigenvalue weighted by Crippen LogP contribution is -2.45. The van der Waals surface area contributed by atoms with Crippen LogP contribution in [-0.4, -0.2) is 45.9 Å². The molecule has 0 aromatic heterocycles. The van der Waals surface area contributed by atoms with Gasteiger partial charge in [-0.2, -0.15) is 0 Å². The normalized spacial score (nSPS) is 18.9. The van der Waals surface area contributed by atoms with E-state index in [9.17, 15) is 0 Å². The van der Waals surface area contributed by atoms with Crippen LogP contribution in [0, 0.1) is 0 Å². The molecule has 21 heavy (non-hydrogen) atoms. The first-order chi connectivity index (χ1) is 9.92. The molecule has 0 heterocycles. The van der Waals surface area contributed by atoms with Crippen molar-refractivity contribution in [2.24, 2.45) is 0 Å². The largest absolute Gasteiger partial charge is 0.372 e. The molecule has 0 N–H and O–H groups in total. The predicted octanol–water partition coefficient (Wildman–Crippen LogP) is -0.0330. The molecular formula is C13H30O4Si4. The van der Waals surface area contributed by atoms with Gasteiger partial charge in [0.1, 0.15) is 0 Å². The van der Waals surface area contributed by atoms with E-state index in [0.29, 0.717) is 10.5 Å². The molecule has 0 rings (SSSR count). The second-order valence-electron chi connectivity index (χ2n) is 4.98. The molecule has 0 atom stereocenters. The summed E-state index contributed by atoms with van der Waals surface area (Å²) < 4.78 is 23.5. The van der Waals surface area contributed by atoms with Crippen LogP contribution >= 0.6 is 0 Å². The predicted molar refractivity (Wildman–Crippen MR) is 101 cm³/mol. The summed E-state index contributed by atoms with van der Waals surface area (Å²) in [5.74, 6) is 0. The van der Waals surface area contributed by atoms with Crippen molar-refractivity contribution in [1.82, 2.24) is 0 Å². The van der Waals surface area contributed by atoms with Crippen LogP contribution in [0.5, 0.6) is 0 Å². The highest BCUT2D eigenvalue weighted by molar-refractivity contribution is 6.40. The topological polar surface area (TPSA) is 36.9 Å². The summed E-state index contributed by atoms with van der Waals surface area (Å²) in [5.41, 5.74) is 0. The summed E-state index contributed by atoms with van der Waals surface area (Å²) in [4.78, 5) is 0. The molecule has 0 fully saturated rings. The second-order valence-corrected chi connectivity index (χ2v) is 10.5. The Morgan fingerprint density at radius 2 is 1.05 bits per heavy atom. The minimum atomic E-state index is -1.24. The highest BCUT2D eigenvalue weighted by Crippen LogP contribution is 2.17. The van der Waals surface area contributed by atoms with E-state index in [2.05, 4.69) is 39.0 Å². The third kappa shape index (κ3) is 8.83. The first-order valence-electron chi connectivity index (χ1n) is 7.25. The maximum atomic E-state index is 5.98. The smallest absolute Gasteiger partial charge is 0.359 e. The van der Waals surface area contributed by atoms with E-state index in [-0.39, 0.29) is 0 Å².